The topological polar surface area (TPSA) is 45.2 Å². The Bertz CT molecular complexity index is 556. The van der Waals surface area contributed by atoms with Gasteiger partial charge in [-0.3, -0.25) is 14.7 Å². The highest BCUT2D eigenvalue weighted by atomic mass is 32.1. The Morgan fingerprint density at radius 3 is 3.20 bits per heavy atom. The monoisotopic (exact) mass is 287 g/mol. The van der Waals surface area contributed by atoms with Gasteiger partial charge >= 0.3 is 0 Å². The van der Waals surface area contributed by atoms with Crippen LogP contribution in [0.5, 0.6) is 0 Å². The number of carbonyl (C=O) groups excluding carboxylic acids is 1. The number of hydrogen-bond donors (Lipinski definition) is 1. The molecular weight excluding hydrogens is 270 g/mol. The Morgan fingerprint density at radius 1 is 1.50 bits per heavy atom. The molecule has 3 heterocycles. The molecule has 0 aliphatic carbocycles. The number of amides is 1. The van der Waals surface area contributed by atoms with E-state index in [9.17, 15) is 4.79 Å². The van der Waals surface area contributed by atoms with Crippen LogP contribution in [0.15, 0.2) is 41.4 Å². The van der Waals surface area contributed by atoms with E-state index >= 15 is 0 Å². The molecule has 0 radical (unpaired) electrons. The molecule has 2 aromatic heterocycles. The van der Waals surface area contributed by atoms with Crippen LogP contribution in [0.25, 0.3) is 0 Å². The van der Waals surface area contributed by atoms with Gasteiger partial charge in [0, 0.05) is 12.2 Å². The Kier molecular flexibility index (Phi) is 4.08. The van der Waals surface area contributed by atoms with Crippen molar-refractivity contribution >= 4 is 22.9 Å². The molecule has 1 saturated heterocycles. The van der Waals surface area contributed by atoms with E-state index in [4.69, 9.17) is 0 Å². The number of rotatable bonds is 4. The summed E-state index contributed by atoms with van der Waals surface area (Å²) >= 11 is 1.71. The number of pyridine rings is 1. The summed E-state index contributed by atoms with van der Waals surface area (Å²) in [5.41, 5.74) is 2.09. The summed E-state index contributed by atoms with van der Waals surface area (Å²) in [7, 11) is 0. The summed E-state index contributed by atoms with van der Waals surface area (Å²) in [6.45, 7) is 1.43. The first-order chi connectivity index (χ1) is 9.83. The molecule has 20 heavy (non-hydrogen) atoms. The smallest absolute Gasteiger partial charge is 0.238 e. The van der Waals surface area contributed by atoms with Crippen molar-refractivity contribution in [1.29, 1.82) is 0 Å². The number of carbonyl (C=O) groups is 1. The maximum Gasteiger partial charge on any atom is 0.238 e. The fourth-order valence-corrected chi connectivity index (χ4v) is 3.39. The summed E-state index contributed by atoms with van der Waals surface area (Å²) in [6, 6.07) is 6.22. The van der Waals surface area contributed by atoms with Crippen LogP contribution in [0.4, 0.5) is 5.69 Å². The molecule has 0 saturated carbocycles. The van der Waals surface area contributed by atoms with Gasteiger partial charge in [-0.15, -0.1) is 0 Å². The maximum absolute atomic E-state index is 12.1. The van der Waals surface area contributed by atoms with Gasteiger partial charge in [-0.25, -0.2) is 0 Å². The molecule has 104 valence electrons. The Morgan fingerprint density at radius 2 is 2.45 bits per heavy atom. The second-order valence-corrected chi connectivity index (χ2v) is 5.76. The number of hydrogen-bond acceptors (Lipinski definition) is 4. The predicted octanol–water partition coefficient (Wildman–Crippen LogP) is 2.92. The molecule has 0 bridgehead atoms. The van der Waals surface area contributed by atoms with Crippen molar-refractivity contribution < 1.29 is 4.79 Å². The van der Waals surface area contributed by atoms with Crippen molar-refractivity contribution in [3.8, 4) is 0 Å². The van der Waals surface area contributed by atoms with Crippen LogP contribution in [0.1, 0.15) is 24.4 Å². The van der Waals surface area contributed by atoms with Crippen LogP contribution in [-0.2, 0) is 4.79 Å². The summed E-state index contributed by atoms with van der Waals surface area (Å²) in [5.74, 6) is 0.0279. The predicted molar refractivity (Wildman–Crippen MR) is 80.7 cm³/mol. The molecule has 1 atom stereocenters. The van der Waals surface area contributed by atoms with E-state index in [0.29, 0.717) is 12.6 Å². The minimum atomic E-state index is 0.0279. The van der Waals surface area contributed by atoms with Gasteiger partial charge in [0.15, 0.2) is 0 Å². The van der Waals surface area contributed by atoms with Crippen LogP contribution in [-0.4, -0.2) is 28.9 Å². The summed E-state index contributed by atoms with van der Waals surface area (Å²) in [5, 5.41) is 7.18. The van der Waals surface area contributed by atoms with Crippen LogP contribution in [0.3, 0.4) is 0 Å². The van der Waals surface area contributed by atoms with E-state index < -0.39 is 0 Å². The van der Waals surface area contributed by atoms with Crippen LogP contribution >= 0.6 is 11.3 Å². The highest BCUT2D eigenvalue weighted by Gasteiger charge is 2.27. The first kappa shape index (κ1) is 13.3. The Labute approximate surface area is 122 Å². The molecule has 3 rings (SSSR count). The van der Waals surface area contributed by atoms with E-state index in [-0.39, 0.29) is 5.91 Å². The third-order valence-corrected chi connectivity index (χ3v) is 4.29. The van der Waals surface area contributed by atoms with Crippen molar-refractivity contribution in [2.24, 2.45) is 0 Å². The standard InChI is InChI=1S/C15H17N3OS/c19-15(17-13-3-1-6-16-9-13)10-18-7-2-4-14(18)12-5-8-20-11-12/h1,3,5-6,8-9,11,14H,2,4,7,10H2,(H,17,19)/t14-/m1/s1. The minimum Gasteiger partial charge on any atom is -0.324 e. The lowest BCUT2D eigenvalue weighted by atomic mass is 10.1. The molecule has 5 heteroatoms. The molecule has 2 aromatic rings. The van der Waals surface area contributed by atoms with Gasteiger partial charge in [-0.05, 0) is 53.9 Å². The van der Waals surface area contributed by atoms with Crippen molar-refractivity contribution in [1.82, 2.24) is 9.88 Å². The summed E-state index contributed by atoms with van der Waals surface area (Å²) < 4.78 is 0. The number of thiophene rings is 1. The van der Waals surface area contributed by atoms with Crippen LogP contribution in [0, 0.1) is 0 Å². The van der Waals surface area contributed by atoms with Crippen molar-refractivity contribution in [2.45, 2.75) is 18.9 Å². The first-order valence-electron chi connectivity index (χ1n) is 6.79. The zero-order chi connectivity index (χ0) is 13.8. The molecule has 1 fully saturated rings. The number of anilines is 1. The van der Waals surface area contributed by atoms with Crippen LogP contribution in [0.2, 0.25) is 0 Å². The minimum absolute atomic E-state index is 0.0279. The van der Waals surface area contributed by atoms with E-state index in [1.807, 2.05) is 12.1 Å². The van der Waals surface area contributed by atoms with Gasteiger partial charge in [0.25, 0.3) is 0 Å². The molecule has 1 aliphatic heterocycles. The summed E-state index contributed by atoms with van der Waals surface area (Å²) in [4.78, 5) is 18.4. The molecule has 1 aliphatic rings. The van der Waals surface area contributed by atoms with Gasteiger partial charge in [-0.2, -0.15) is 11.3 Å². The average Bonchev–Trinajstić information content (AvgIpc) is 3.10. The van der Waals surface area contributed by atoms with Gasteiger partial charge in [0.05, 0.1) is 18.4 Å². The third-order valence-electron chi connectivity index (χ3n) is 3.58. The lowest BCUT2D eigenvalue weighted by Crippen LogP contribution is -2.32. The Balaban J connectivity index is 1.61. The largest absolute Gasteiger partial charge is 0.324 e. The maximum atomic E-state index is 12.1. The lowest BCUT2D eigenvalue weighted by molar-refractivity contribution is -0.117. The molecular formula is C15H17N3OS. The quantitative estimate of drug-likeness (QED) is 0.940. The fraction of sp³-hybridized carbons (Fsp3) is 0.333. The number of aromatic nitrogens is 1. The van der Waals surface area contributed by atoms with Gasteiger partial charge in [0.2, 0.25) is 5.91 Å². The lowest BCUT2D eigenvalue weighted by Gasteiger charge is -2.23. The molecule has 0 unspecified atom stereocenters. The third kappa shape index (κ3) is 3.05. The van der Waals surface area contributed by atoms with E-state index in [1.54, 1.807) is 23.7 Å². The van der Waals surface area contributed by atoms with Crippen molar-refractivity contribution in [2.75, 3.05) is 18.4 Å². The SMILES string of the molecule is O=C(CN1CCC[C@@H]1c1ccsc1)Nc1cccnc1. The van der Waals surface area contributed by atoms with E-state index in [2.05, 4.69) is 32.0 Å². The zero-order valence-electron chi connectivity index (χ0n) is 11.2. The van der Waals surface area contributed by atoms with E-state index in [1.165, 1.54) is 5.56 Å². The van der Waals surface area contributed by atoms with Gasteiger partial charge < -0.3 is 5.32 Å². The van der Waals surface area contributed by atoms with Crippen molar-refractivity contribution in [3.05, 3.63) is 46.9 Å². The van der Waals surface area contributed by atoms with E-state index in [0.717, 1.165) is 25.1 Å². The second-order valence-electron chi connectivity index (χ2n) is 4.98. The number of nitrogens with one attached hydrogen (secondary N) is 1. The average molecular weight is 287 g/mol. The number of likely N-dealkylation sites (tertiary alicyclic amines) is 1. The zero-order valence-corrected chi connectivity index (χ0v) is 12.0. The highest BCUT2D eigenvalue weighted by Crippen LogP contribution is 2.32. The molecule has 4 nitrogen and oxygen atoms in total. The van der Waals surface area contributed by atoms with Gasteiger partial charge in [-0.1, -0.05) is 0 Å². The van der Waals surface area contributed by atoms with Crippen molar-refractivity contribution in [3.63, 3.8) is 0 Å². The molecule has 0 spiro atoms. The fourth-order valence-electron chi connectivity index (χ4n) is 2.68. The van der Waals surface area contributed by atoms with Gasteiger partial charge in [0.1, 0.15) is 0 Å². The molecule has 0 aromatic carbocycles. The molecule has 1 amide bonds. The molecule has 1 N–H and O–H groups in total. The van der Waals surface area contributed by atoms with Crippen LogP contribution < -0.4 is 5.32 Å². The first-order valence-corrected chi connectivity index (χ1v) is 7.73. The second kappa shape index (κ2) is 6.15. The normalized spacial score (nSPS) is 19.1. The Hall–Kier alpha value is -1.72. The highest BCUT2D eigenvalue weighted by molar-refractivity contribution is 7.07. The number of nitrogens with zero attached hydrogens (tertiary/aromatic N) is 2. The summed E-state index contributed by atoms with van der Waals surface area (Å²) in [6.07, 6.45) is 5.65.